The van der Waals surface area contributed by atoms with E-state index in [-0.39, 0.29) is 18.1 Å². The van der Waals surface area contributed by atoms with Crippen LogP contribution in [0.2, 0.25) is 0 Å². The third kappa shape index (κ3) is 2.59. The van der Waals surface area contributed by atoms with Crippen molar-refractivity contribution < 1.29 is 13.9 Å². The first-order chi connectivity index (χ1) is 10.2. The molecule has 0 atom stereocenters. The van der Waals surface area contributed by atoms with Crippen LogP contribution in [-0.4, -0.2) is 22.3 Å². The minimum absolute atomic E-state index is 0.0561. The highest BCUT2D eigenvalue weighted by Gasteiger charge is 2.25. The van der Waals surface area contributed by atoms with E-state index in [1.54, 1.807) is 35.4 Å². The average Bonchev–Trinajstić information content (AvgIpc) is 2.49. The van der Waals surface area contributed by atoms with Gasteiger partial charge in [-0.2, -0.15) is 0 Å². The van der Waals surface area contributed by atoms with E-state index in [9.17, 15) is 9.18 Å². The Morgan fingerprint density at radius 2 is 2.10 bits per heavy atom. The van der Waals surface area contributed by atoms with Gasteiger partial charge in [0, 0.05) is 18.3 Å². The number of hydrogen-bond donors (Lipinski definition) is 0. The first-order valence-corrected chi connectivity index (χ1v) is 6.86. The number of aromatic nitrogens is 1. The van der Waals surface area contributed by atoms with Gasteiger partial charge in [-0.25, -0.2) is 4.39 Å². The van der Waals surface area contributed by atoms with Crippen LogP contribution in [0.1, 0.15) is 18.2 Å². The number of amides is 1. The third-order valence-corrected chi connectivity index (χ3v) is 3.56. The number of rotatable bonds is 3. The van der Waals surface area contributed by atoms with Crippen molar-refractivity contribution in [2.75, 3.05) is 6.54 Å². The van der Waals surface area contributed by atoms with E-state index in [2.05, 4.69) is 4.98 Å². The topological polar surface area (TPSA) is 42.4 Å². The second kappa shape index (κ2) is 5.52. The summed E-state index contributed by atoms with van der Waals surface area (Å²) in [4.78, 5) is 17.9. The van der Waals surface area contributed by atoms with Crippen molar-refractivity contribution >= 4 is 5.91 Å². The number of fused-ring (bicyclic) bond motifs is 1. The maximum absolute atomic E-state index is 13.7. The normalized spacial score (nSPS) is 14.0. The van der Waals surface area contributed by atoms with Crippen LogP contribution in [0.3, 0.4) is 0 Å². The Morgan fingerprint density at radius 1 is 1.29 bits per heavy atom. The molecule has 1 aliphatic rings. The van der Waals surface area contributed by atoms with Gasteiger partial charge >= 0.3 is 0 Å². The van der Waals surface area contributed by atoms with Crippen LogP contribution in [0.4, 0.5) is 4.39 Å². The zero-order valence-electron chi connectivity index (χ0n) is 11.7. The van der Waals surface area contributed by atoms with Crippen molar-refractivity contribution in [2.45, 2.75) is 19.9 Å². The number of benzene rings is 1. The summed E-state index contributed by atoms with van der Waals surface area (Å²) in [5.74, 6) is 0.365. The van der Waals surface area contributed by atoms with Crippen LogP contribution in [0.5, 0.6) is 11.5 Å². The molecule has 1 amide bonds. The monoisotopic (exact) mass is 286 g/mol. The number of carbonyl (C=O) groups excluding carboxylic acids is 1. The molecular formula is C16H15FN2O2. The molecule has 0 saturated carbocycles. The summed E-state index contributed by atoms with van der Waals surface area (Å²) in [7, 11) is 0. The molecule has 0 N–H and O–H groups in total. The van der Waals surface area contributed by atoms with Crippen molar-refractivity contribution in [3.63, 3.8) is 0 Å². The van der Waals surface area contributed by atoms with E-state index in [1.807, 2.05) is 6.92 Å². The van der Waals surface area contributed by atoms with Gasteiger partial charge in [-0.05, 0) is 25.1 Å². The molecule has 0 unspecified atom stereocenters. The molecular weight excluding hydrogens is 271 g/mol. The molecule has 0 bridgehead atoms. The fourth-order valence-corrected chi connectivity index (χ4v) is 2.40. The number of likely N-dealkylation sites (N-methyl/N-ethyl adjacent to an activating group) is 1. The largest absolute Gasteiger partial charge is 0.454 e. The van der Waals surface area contributed by atoms with Gasteiger partial charge in [0.2, 0.25) is 5.91 Å². The van der Waals surface area contributed by atoms with Crippen LogP contribution in [0, 0.1) is 5.82 Å². The summed E-state index contributed by atoms with van der Waals surface area (Å²) < 4.78 is 19.4. The number of carbonyl (C=O) groups is 1. The highest BCUT2D eigenvalue weighted by Crippen LogP contribution is 2.31. The van der Waals surface area contributed by atoms with Gasteiger partial charge in [0.25, 0.3) is 0 Å². The van der Waals surface area contributed by atoms with Crippen molar-refractivity contribution in [2.24, 2.45) is 0 Å². The molecule has 3 rings (SSSR count). The molecule has 1 aromatic heterocycles. The van der Waals surface area contributed by atoms with Crippen molar-refractivity contribution in [3.8, 4) is 11.5 Å². The quantitative estimate of drug-likeness (QED) is 0.871. The predicted molar refractivity (Wildman–Crippen MR) is 75.5 cm³/mol. The molecule has 0 aliphatic carbocycles. The SMILES string of the molecule is CCN1Cc2c(Oc3ccccc3F)ccnc2CC1=O. The van der Waals surface area contributed by atoms with E-state index in [0.29, 0.717) is 24.5 Å². The van der Waals surface area contributed by atoms with Gasteiger partial charge in [0.05, 0.1) is 18.7 Å². The number of hydrogen-bond acceptors (Lipinski definition) is 3. The Kier molecular flexibility index (Phi) is 3.56. The van der Waals surface area contributed by atoms with Gasteiger partial charge in [-0.15, -0.1) is 0 Å². The van der Waals surface area contributed by atoms with Gasteiger partial charge in [0.15, 0.2) is 11.6 Å². The maximum Gasteiger partial charge on any atom is 0.228 e. The summed E-state index contributed by atoms with van der Waals surface area (Å²) in [5.41, 5.74) is 1.56. The highest BCUT2D eigenvalue weighted by molar-refractivity contribution is 5.80. The van der Waals surface area contributed by atoms with Crippen LogP contribution in [0.15, 0.2) is 36.5 Å². The van der Waals surface area contributed by atoms with E-state index < -0.39 is 5.82 Å². The lowest BCUT2D eigenvalue weighted by Crippen LogP contribution is -2.36. The minimum Gasteiger partial charge on any atom is -0.454 e. The van der Waals surface area contributed by atoms with Crippen LogP contribution in [0.25, 0.3) is 0 Å². The van der Waals surface area contributed by atoms with Crippen molar-refractivity contribution in [1.82, 2.24) is 9.88 Å². The summed E-state index contributed by atoms with van der Waals surface area (Å²) in [5, 5.41) is 0. The molecule has 4 nitrogen and oxygen atoms in total. The first kappa shape index (κ1) is 13.5. The van der Waals surface area contributed by atoms with Crippen molar-refractivity contribution in [1.29, 1.82) is 0 Å². The first-order valence-electron chi connectivity index (χ1n) is 6.86. The van der Waals surface area contributed by atoms with Crippen LogP contribution in [-0.2, 0) is 17.8 Å². The fraction of sp³-hybridized carbons (Fsp3) is 0.250. The Bertz CT molecular complexity index is 688. The lowest BCUT2D eigenvalue weighted by atomic mass is 10.0. The van der Waals surface area contributed by atoms with Gasteiger partial charge in [-0.3, -0.25) is 9.78 Å². The van der Waals surface area contributed by atoms with E-state index in [1.165, 1.54) is 6.07 Å². The van der Waals surface area contributed by atoms with E-state index in [4.69, 9.17) is 4.74 Å². The van der Waals surface area contributed by atoms with Crippen LogP contribution < -0.4 is 4.74 Å². The summed E-state index contributed by atoms with van der Waals surface area (Å²) in [6, 6.07) is 7.96. The minimum atomic E-state index is -0.415. The molecule has 0 fully saturated rings. The number of halogens is 1. The van der Waals surface area contributed by atoms with Gasteiger partial charge in [-0.1, -0.05) is 12.1 Å². The maximum atomic E-state index is 13.7. The molecule has 108 valence electrons. The van der Waals surface area contributed by atoms with Gasteiger partial charge in [0.1, 0.15) is 5.75 Å². The highest BCUT2D eigenvalue weighted by atomic mass is 19.1. The fourth-order valence-electron chi connectivity index (χ4n) is 2.40. The molecule has 5 heteroatoms. The molecule has 21 heavy (non-hydrogen) atoms. The summed E-state index contributed by atoms with van der Waals surface area (Å²) >= 11 is 0. The molecule has 0 saturated heterocycles. The standard InChI is InChI=1S/C16H15FN2O2/c1-2-19-10-11-13(9-16(19)20)18-8-7-14(11)21-15-6-4-3-5-12(15)17/h3-8H,2,9-10H2,1H3. The predicted octanol–water partition coefficient (Wildman–Crippen LogP) is 2.92. The zero-order valence-corrected chi connectivity index (χ0v) is 11.7. The Labute approximate surface area is 122 Å². The molecule has 0 spiro atoms. The lowest BCUT2D eigenvalue weighted by molar-refractivity contribution is -0.131. The second-order valence-corrected chi connectivity index (χ2v) is 4.85. The smallest absolute Gasteiger partial charge is 0.228 e. The summed E-state index contributed by atoms with van der Waals surface area (Å²) in [6.45, 7) is 3.01. The Hall–Kier alpha value is -2.43. The van der Waals surface area contributed by atoms with Crippen LogP contribution >= 0.6 is 0 Å². The third-order valence-electron chi connectivity index (χ3n) is 3.56. The number of ether oxygens (including phenoxy) is 1. The Morgan fingerprint density at radius 3 is 2.86 bits per heavy atom. The molecule has 1 aliphatic heterocycles. The molecule has 2 heterocycles. The summed E-state index contributed by atoms with van der Waals surface area (Å²) in [6.07, 6.45) is 1.85. The number of pyridine rings is 1. The Balaban J connectivity index is 1.96. The molecule has 0 radical (unpaired) electrons. The van der Waals surface area contributed by atoms with E-state index >= 15 is 0 Å². The van der Waals surface area contributed by atoms with E-state index in [0.717, 1.165) is 5.56 Å². The zero-order chi connectivity index (χ0) is 14.8. The number of nitrogens with zero attached hydrogens (tertiary/aromatic N) is 2. The van der Waals surface area contributed by atoms with Gasteiger partial charge < -0.3 is 9.64 Å². The average molecular weight is 286 g/mol. The van der Waals surface area contributed by atoms with Crippen molar-refractivity contribution in [3.05, 3.63) is 53.6 Å². The molecule has 1 aromatic carbocycles. The number of para-hydroxylation sites is 1. The molecule has 2 aromatic rings. The second-order valence-electron chi connectivity index (χ2n) is 4.85. The lowest BCUT2D eigenvalue weighted by Gasteiger charge is -2.28.